The van der Waals surface area contributed by atoms with E-state index in [1.54, 1.807) is 6.07 Å². The zero-order chi connectivity index (χ0) is 18.4. The molecule has 0 aromatic heterocycles. The molecule has 1 aromatic rings. The Hall–Kier alpha value is -1.62. The summed E-state index contributed by atoms with van der Waals surface area (Å²) in [7, 11) is 0. The molecule has 1 aromatic carbocycles. The Morgan fingerprint density at radius 2 is 2.16 bits per heavy atom. The highest BCUT2D eigenvalue weighted by Crippen LogP contribution is 2.52. The zero-order valence-electron chi connectivity index (χ0n) is 14.9. The molecule has 5 heteroatoms. The van der Waals surface area contributed by atoms with Crippen molar-refractivity contribution in [3.63, 3.8) is 0 Å². The Balaban J connectivity index is 1.83. The van der Waals surface area contributed by atoms with E-state index in [2.05, 4.69) is 22.5 Å². The van der Waals surface area contributed by atoms with Gasteiger partial charge in [-0.05, 0) is 73.7 Å². The third-order valence-corrected chi connectivity index (χ3v) is 5.53. The lowest BCUT2D eigenvalue weighted by Gasteiger charge is -2.24. The number of hydrogen-bond acceptors (Lipinski definition) is 4. The summed E-state index contributed by atoms with van der Waals surface area (Å²) in [6, 6.07) is 5.55. The molecule has 1 heterocycles. The standard InChI is InChI=1S/C20H23BrO4/c1-12-7-14-11-24-18(23)20(14,9-12)10-13-5-6-15(16(21)8-13)17(22)25-19(2,3)4/h5-6,8,14H,1,7,9-11H2,2-4H3. The average Bonchev–Trinajstić information content (AvgIpc) is 2.92. The summed E-state index contributed by atoms with van der Waals surface area (Å²) in [5.41, 5.74) is 1.56. The summed E-state index contributed by atoms with van der Waals surface area (Å²) in [5, 5.41) is 0. The third-order valence-electron chi connectivity index (χ3n) is 4.88. The monoisotopic (exact) mass is 406 g/mol. The smallest absolute Gasteiger partial charge is 0.339 e. The molecule has 0 bridgehead atoms. The Morgan fingerprint density at radius 3 is 2.80 bits per heavy atom. The quantitative estimate of drug-likeness (QED) is 0.549. The molecule has 2 aliphatic rings. The molecule has 2 atom stereocenters. The fourth-order valence-electron chi connectivity index (χ4n) is 3.79. The van der Waals surface area contributed by atoms with E-state index in [0.717, 1.165) is 17.6 Å². The summed E-state index contributed by atoms with van der Waals surface area (Å²) in [5.74, 6) is -0.281. The normalized spacial score (nSPS) is 25.7. The summed E-state index contributed by atoms with van der Waals surface area (Å²) in [6.07, 6.45) is 2.13. The van der Waals surface area contributed by atoms with Crippen LogP contribution in [0.5, 0.6) is 0 Å². The number of ether oxygens (including phenoxy) is 2. The van der Waals surface area contributed by atoms with Gasteiger partial charge < -0.3 is 9.47 Å². The predicted molar refractivity (Wildman–Crippen MR) is 98.3 cm³/mol. The Labute approximate surface area is 156 Å². The molecule has 1 aliphatic heterocycles. The molecule has 0 radical (unpaired) electrons. The number of halogens is 1. The lowest BCUT2D eigenvalue weighted by atomic mass is 9.75. The van der Waals surface area contributed by atoms with Gasteiger partial charge in [0.05, 0.1) is 17.6 Å². The van der Waals surface area contributed by atoms with E-state index in [-0.39, 0.29) is 17.9 Å². The van der Waals surface area contributed by atoms with Crippen LogP contribution in [-0.2, 0) is 20.7 Å². The average molecular weight is 407 g/mol. The number of hydrogen-bond donors (Lipinski definition) is 0. The number of benzene rings is 1. The first-order valence-electron chi connectivity index (χ1n) is 8.46. The number of esters is 2. The maximum Gasteiger partial charge on any atom is 0.339 e. The van der Waals surface area contributed by atoms with Gasteiger partial charge in [-0.15, -0.1) is 0 Å². The van der Waals surface area contributed by atoms with Crippen molar-refractivity contribution in [3.8, 4) is 0 Å². The molecule has 1 saturated carbocycles. The number of fused-ring (bicyclic) bond motifs is 1. The van der Waals surface area contributed by atoms with E-state index in [1.165, 1.54) is 0 Å². The molecule has 134 valence electrons. The molecule has 0 N–H and O–H groups in total. The highest BCUT2D eigenvalue weighted by molar-refractivity contribution is 9.10. The van der Waals surface area contributed by atoms with Crippen LogP contribution in [-0.4, -0.2) is 24.1 Å². The van der Waals surface area contributed by atoms with Gasteiger partial charge in [-0.1, -0.05) is 18.2 Å². The van der Waals surface area contributed by atoms with Gasteiger partial charge in [-0.2, -0.15) is 0 Å². The molecule has 2 fully saturated rings. The minimum atomic E-state index is -0.542. The number of carbonyl (C=O) groups excluding carboxylic acids is 2. The van der Waals surface area contributed by atoms with Crippen molar-refractivity contribution in [2.75, 3.05) is 6.61 Å². The van der Waals surface area contributed by atoms with Gasteiger partial charge in [0, 0.05) is 10.4 Å². The molecule has 3 rings (SSSR count). The van der Waals surface area contributed by atoms with Crippen molar-refractivity contribution in [2.45, 2.75) is 45.6 Å². The van der Waals surface area contributed by atoms with Crippen molar-refractivity contribution in [2.24, 2.45) is 11.3 Å². The van der Waals surface area contributed by atoms with Crippen molar-refractivity contribution < 1.29 is 19.1 Å². The van der Waals surface area contributed by atoms with Gasteiger partial charge in [0.15, 0.2) is 0 Å². The zero-order valence-corrected chi connectivity index (χ0v) is 16.4. The molecule has 0 amide bonds. The minimum Gasteiger partial charge on any atom is -0.465 e. The molecule has 1 saturated heterocycles. The maximum atomic E-state index is 12.4. The van der Waals surface area contributed by atoms with Gasteiger partial charge in [0.2, 0.25) is 0 Å². The highest BCUT2D eigenvalue weighted by atomic mass is 79.9. The van der Waals surface area contributed by atoms with Crippen LogP contribution in [0.15, 0.2) is 34.8 Å². The summed E-state index contributed by atoms with van der Waals surface area (Å²) in [6.45, 7) is 10.1. The van der Waals surface area contributed by atoms with Crippen LogP contribution >= 0.6 is 15.9 Å². The largest absolute Gasteiger partial charge is 0.465 e. The fraction of sp³-hybridized carbons (Fsp3) is 0.500. The second kappa shape index (κ2) is 6.27. The molecule has 1 aliphatic carbocycles. The maximum absolute atomic E-state index is 12.4. The van der Waals surface area contributed by atoms with Gasteiger partial charge in [-0.3, -0.25) is 4.79 Å². The second-order valence-electron chi connectivity index (χ2n) is 8.08. The lowest BCUT2D eigenvalue weighted by molar-refractivity contribution is -0.146. The Bertz CT molecular complexity index is 747. The van der Waals surface area contributed by atoms with E-state index in [9.17, 15) is 9.59 Å². The number of allylic oxidation sites excluding steroid dienone is 1. The first-order chi connectivity index (χ1) is 11.6. The molecule has 2 unspecified atom stereocenters. The minimum absolute atomic E-state index is 0.122. The van der Waals surface area contributed by atoms with Crippen molar-refractivity contribution in [3.05, 3.63) is 46.0 Å². The Morgan fingerprint density at radius 1 is 1.44 bits per heavy atom. The van der Waals surface area contributed by atoms with E-state index in [4.69, 9.17) is 9.47 Å². The van der Waals surface area contributed by atoms with Crippen LogP contribution in [0.2, 0.25) is 0 Å². The predicted octanol–water partition coefficient (Wildman–Crippen LogP) is 4.46. The first-order valence-corrected chi connectivity index (χ1v) is 9.26. The summed E-state index contributed by atoms with van der Waals surface area (Å²) >= 11 is 3.47. The van der Waals surface area contributed by atoms with Crippen LogP contribution in [0.25, 0.3) is 0 Å². The second-order valence-corrected chi connectivity index (χ2v) is 8.93. The SMILES string of the molecule is C=C1CC2COC(=O)C2(Cc2ccc(C(=O)OC(C)(C)C)c(Br)c2)C1. The van der Waals surface area contributed by atoms with Crippen molar-refractivity contribution >= 4 is 27.9 Å². The van der Waals surface area contributed by atoms with Crippen molar-refractivity contribution in [1.29, 1.82) is 0 Å². The van der Waals surface area contributed by atoms with Gasteiger partial charge in [0.25, 0.3) is 0 Å². The van der Waals surface area contributed by atoms with Gasteiger partial charge in [-0.25, -0.2) is 4.79 Å². The summed E-state index contributed by atoms with van der Waals surface area (Å²) in [4.78, 5) is 24.7. The number of rotatable bonds is 3. The molecular weight excluding hydrogens is 384 g/mol. The van der Waals surface area contributed by atoms with E-state index in [0.29, 0.717) is 29.5 Å². The van der Waals surface area contributed by atoms with Crippen LogP contribution in [0, 0.1) is 11.3 Å². The van der Waals surface area contributed by atoms with Crippen LogP contribution in [0.3, 0.4) is 0 Å². The number of carbonyl (C=O) groups is 2. The van der Waals surface area contributed by atoms with E-state index >= 15 is 0 Å². The van der Waals surface area contributed by atoms with Crippen LogP contribution in [0.1, 0.15) is 49.5 Å². The topological polar surface area (TPSA) is 52.6 Å². The van der Waals surface area contributed by atoms with E-state index in [1.807, 2.05) is 32.9 Å². The van der Waals surface area contributed by atoms with Crippen LogP contribution < -0.4 is 0 Å². The molecule has 25 heavy (non-hydrogen) atoms. The fourth-order valence-corrected chi connectivity index (χ4v) is 4.38. The van der Waals surface area contributed by atoms with Crippen molar-refractivity contribution in [1.82, 2.24) is 0 Å². The molecule has 0 spiro atoms. The lowest BCUT2D eigenvalue weighted by Crippen LogP contribution is -2.31. The molecule has 4 nitrogen and oxygen atoms in total. The van der Waals surface area contributed by atoms with Gasteiger partial charge >= 0.3 is 11.9 Å². The van der Waals surface area contributed by atoms with E-state index < -0.39 is 11.0 Å². The number of cyclic esters (lactones) is 1. The highest BCUT2D eigenvalue weighted by Gasteiger charge is 2.55. The third kappa shape index (κ3) is 3.52. The summed E-state index contributed by atoms with van der Waals surface area (Å²) < 4.78 is 11.4. The van der Waals surface area contributed by atoms with Gasteiger partial charge in [0.1, 0.15) is 5.60 Å². The van der Waals surface area contributed by atoms with Crippen LogP contribution in [0.4, 0.5) is 0 Å². The first kappa shape index (κ1) is 18.2. The Kier molecular flexibility index (Phi) is 4.56. The molecular formula is C20H23BrO4.